The van der Waals surface area contributed by atoms with E-state index < -0.39 is 0 Å². The minimum Gasteiger partial charge on any atom is -0.439 e. The van der Waals surface area contributed by atoms with Gasteiger partial charge in [-0.3, -0.25) is 0 Å². The molecule has 0 radical (unpaired) electrons. The van der Waals surface area contributed by atoms with E-state index in [9.17, 15) is 0 Å². The molecular formula is C22H26ClIN6O. The molecule has 3 aromatic rings. The van der Waals surface area contributed by atoms with Crippen molar-refractivity contribution in [2.45, 2.75) is 25.9 Å². The number of oxazole rings is 1. The van der Waals surface area contributed by atoms with Crippen molar-refractivity contribution < 1.29 is 4.42 Å². The van der Waals surface area contributed by atoms with Crippen LogP contribution in [0.4, 0.5) is 5.82 Å². The molecule has 0 bridgehead atoms. The van der Waals surface area contributed by atoms with Crippen LogP contribution in [0.5, 0.6) is 0 Å². The second kappa shape index (κ2) is 11.3. The maximum atomic E-state index is 6.29. The average molecular weight is 553 g/mol. The van der Waals surface area contributed by atoms with Crippen LogP contribution in [0.1, 0.15) is 19.2 Å². The zero-order valence-electron chi connectivity index (χ0n) is 17.3. The summed E-state index contributed by atoms with van der Waals surface area (Å²) >= 11 is 6.29. The fourth-order valence-electron chi connectivity index (χ4n) is 3.46. The van der Waals surface area contributed by atoms with Gasteiger partial charge in [0, 0.05) is 37.4 Å². The van der Waals surface area contributed by atoms with E-state index in [0.29, 0.717) is 17.5 Å². The Hall–Kier alpha value is -2.33. The van der Waals surface area contributed by atoms with Gasteiger partial charge in [-0.15, -0.1) is 24.0 Å². The summed E-state index contributed by atoms with van der Waals surface area (Å²) in [6.07, 6.45) is 4.49. The van der Waals surface area contributed by atoms with Crippen LogP contribution in [-0.2, 0) is 6.54 Å². The number of halogens is 2. The van der Waals surface area contributed by atoms with Crippen molar-refractivity contribution in [3.63, 3.8) is 0 Å². The van der Waals surface area contributed by atoms with Crippen molar-refractivity contribution in [2.24, 2.45) is 4.99 Å². The molecule has 3 heterocycles. The van der Waals surface area contributed by atoms with E-state index in [-0.39, 0.29) is 30.0 Å². The van der Waals surface area contributed by atoms with Gasteiger partial charge in [-0.2, -0.15) is 0 Å². The Morgan fingerprint density at radius 3 is 2.84 bits per heavy atom. The molecule has 2 aromatic heterocycles. The summed E-state index contributed by atoms with van der Waals surface area (Å²) in [6.45, 7) is 4.90. The van der Waals surface area contributed by atoms with Crippen molar-refractivity contribution in [3.05, 3.63) is 65.8 Å². The number of nitrogens with zero attached hydrogens (tertiary/aromatic N) is 4. The third-order valence-corrected chi connectivity index (χ3v) is 5.19. The number of aliphatic imine (C=N–C) groups is 1. The molecule has 9 heteroatoms. The SMILES string of the molecule is CCNC(=NCc1ncc(-c2ccccc2)o1)NC1CCN(c2ncccc2Cl)C1.I. The van der Waals surface area contributed by atoms with E-state index in [0.717, 1.165) is 49.2 Å². The predicted molar refractivity (Wildman–Crippen MR) is 135 cm³/mol. The van der Waals surface area contributed by atoms with Crippen LogP contribution in [0.2, 0.25) is 5.02 Å². The van der Waals surface area contributed by atoms with E-state index in [2.05, 4.69) is 30.5 Å². The Kier molecular flexibility index (Phi) is 8.53. The molecule has 0 spiro atoms. The second-order valence-electron chi connectivity index (χ2n) is 7.06. The number of guanidine groups is 1. The molecule has 164 valence electrons. The van der Waals surface area contributed by atoms with E-state index in [1.54, 1.807) is 12.4 Å². The predicted octanol–water partition coefficient (Wildman–Crippen LogP) is 4.34. The third kappa shape index (κ3) is 6.10. The lowest BCUT2D eigenvalue weighted by Gasteiger charge is -2.20. The number of benzene rings is 1. The molecule has 1 aliphatic rings. The summed E-state index contributed by atoms with van der Waals surface area (Å²) in [5, 5.41) is 7.47. The van der Waals surface area contributed by atoms with Crippen molar-refractivity contribution in [2.75, 3.05) is 24.5 Å². The van der Waals surface area contributed by atoms with Crippen molar-refractivity contribution in [1.82, 2.24) is 20.6 Å². The molecule has 4 rings (SSSR count). The molecule has 1 aliphatic heterocycles. The van der Waals surface area contributed by atoms with Gasteiger partial charge in [-0.25, -0.2) is 15.0 Å². The lowest BCUT2D eigenvalue weighted by Crippen LogP contribution is -2.44. The van der Waals surface area contributed by atoms with Gasteiger partial charge in [-0.1, -0.05) is 41.9 Å². The maximum Gasteiger partial charge on any atom is 0.216 e. The Balaban J connectivity index is 0.00000272. The number of hydrogen-bond acceptors (Lipinski definition) is 5. The molecule has 0 amide bonds. The van der Waals surface area contributed by atoms with E-state index in [4.69, 9.17) is 16.0 Å². The summed E-state index contributed by atoms with van der Waals surface area (Å²) in [4.78, 5) is 15.6. The minimum atomic E-state index is 0. The molecule has 1 fully saturated rings. The Bertz CT molecular complexity index is 996. The van der Waals surface area contributed by atoms with Gasteiger partial charge in [0.2, 0.25) is 5.89 Å². The summed E-state index contributed by atoms with van der Waals surface area (Å²) in [6, 6.07) is 13.9. The smallest absolute Gasteiger partial charge is 0.216 e. The summed E-state index contributed by atoms with van der Waals surface area (Å²) in [5.74, 6) is 2.91. The first-order valence-electron chi connectivity index (χ1n) is 10.1. The highest BCUT2D eigenvalue weighted by atomic mass is 127. The number of rotatable bonds is 6. The largest absolute Gasteiger partial charge is 0.439 e. The van der Waals surface area contributed by atoms with Gasteiger partial charge < -0.3 is 20.0 Å². The van der Waals surface area contributed by atoms with Crippen molar-refractivity contribution >= 4 is 47.4 Å². The number of nitrogens with one attached hydrogen (secondary N) is 2. The molecule has 1 unspecified atom stereocenters. The number of anilines is 1. The Morgan fingerprint density at radius 1 is 1.23 bits per heavy atom. The molecule has 31 heavy (non-hydrogen) atoms. The lowest BCUT2D eigenvalue weighted by molar-refractivity contribution is 0.508. The average Bonchev–Trinajstić information content (AvgIpc) is 3.43. The van der Waals surface area contributed by atoms with Gasteiger partial charge >= 0.3 is 0 Å². The molecule has 1 atom stereocenters. The lowest BCUT2D eigenvalue weighted by atomic mass is 10.2. The first-order valence-corrected chi connectivity index (χ1v) is 10.5. The molecule has 0 aliphatic carbocycles. The monoisotopic (exact) mass is 552 g/mol. The fraction of sp³-hybridized carbons (Fsp3) is 0.318. The van der Waals surface area contributed by atoms with Gasteiger partial charge in [0.25, 0.3) is 0 Å². The third-order valence-electron chi connectivity index (χ3n) is 4.90. The van der Waals surface area contributed by atoms with E-state index in [1.807, 2.05) is 49.4 Å². The van der Waals surface area contributed by atoms with Crippen LogP contribution in [0.15, 0.2) is 64.3 Å². The van der Waals surface area contributed by atoms with Crippen LogP contribution in [0, 0.1) is 0 Å². The van der Waals surface area contributed by atoms with E-state index in [1.165, 1.54) is 0 Å². The first-order chi connectivity index (χ1) is 14.7. The quantitative estimate of drug-likeness (QED) is 0.269. The van der Waals surface area contributed by atoms with Crippen LogP contribution in [0.3, 0.4) is 0 Å². The van der Waals surface area contributed by atoms with Gasteiger partial charge in [0.15, 0.2) is 11.7 Å². The van der Waals surface area contributed by atoms with Gasteiger partial charge in [-0.05, 0) is 25.5 Å². The van der Waals surface area contributed by atoms with Crippen LogP contribution in [-0.4, -0.2) is 41.6 Å². The summed E-state index contributed by atoms with van der Waals surface area (Å²) in [7, 11) is 0. The molecule has 2 N–H and O–H groups in total. The highest BCUT2D eigenvalue weighted by Gasteiger charge is 2.25. The maximum absolute atomic E-state index is 6.29. The zero-order chi connectivity index (χ0) is 20.8. The second-order valence-corrected chi connectivity index (χ2v) is 7.47. The molecule has 7 nitrogen and oxygen atoms in total. The standard InChI is InChI=1S/C22H25ClN6O.HI/c1-2-24-22(27-14-20-26-13-19(30-20)16-7-4-3-5-8-16)28-17-10-12-29(15-17)21-18(23)9-6-11-25-21;/h3-9,11,13,17H,2,10,12,14-15H2,1H3,(H2,24,27,28);1H. The highest BCUT2D eigenvalue weighted by Crippen LogP contribution is 2.25. The zero-order valence-corrected chi connectivity index (χ0v) is 20.4. The summed E-state index contributed by atoms with van der Waals surface area (Å²) < 4.78 is 5.85. The molecular weight excluding hydrogens is 527 g/mol. The van der Waals surface area contributed by atoms with Gasteiger partial charge in [0.05, 0.1) is 11.2 Å². The van der Waals surface area contributed by atoms with Crippen LogP contribution >= 0.6 is 35.6 Å². The number of pyridine rings is 1. The minimum absolute atomic E-state index is 0. The molecule has 1 aromatic carbocycles. The molecule has 1 saturated heterocycles. The van der Waals surface area contributed by atoms with Gasteiger partial charge in [0.1, 0.15) is 12.4 Å². The Labute approximate surface area is 204 Å². The molecule has 0 saturated carbocycles. The number of aromatic nitrogens is 2. The normalized spacial score (nSPS) is 16.1. The van der Waals surface area contributed by atoms with Crippen LogP contribution < -0.4 is 15.5 Å². The van der Waals surface area contributed by atoms with Crippen LogP contribution in [0.25, 0.3) is 11.3 Å². The summed E-state index contributed by atoms with van der Waals surface area (Å²) in [5.41, 5.74) is 1.00. The number of hydrogen-bond donors (Lipinski definition) is 2. The van der Waals surface area contributed by atoms with Crippen molar-refractivity contribution in [3.8, 4) is 11.3 Å². The Morgan fingerprint density at radius 2 is 2.06 bits per heavy atom. The fourth-order valence-corrected chi connectivity index (χ4v) is 3.70. The topological polar surface area (TPSA) is 78.6 Å². The first kappa shape index (κ1) is 23.3. The van der Waals surface area contributed by atoms with E-state index >= 15 is 0 Å². The van der Waals surface area contributed by atoms with Crippen molar-refractivity contribution in [1.29, 1.82) is 0 Å². The highest BCUT2D eigenvalue weighted by molar-refractivity contribution is 14.0.